The van der Waals surface area contributed by atoms with Crippen molar-refractivity contribution in [3.8, 4) is 11.3 Å². The zero-order valence-corrected chi connectivity index (χ0v) is 12.2. The van der Waals surface area contributed by atoms with E-state index < -0.39 is 0 Å². The molecular weight excluding hydrogens is 264 g/mol. The topological polar surface area (TPSA) is 73.1 Å². The van der Waals surface area contributed by atoms with Crippen LogP contribution in [0.5, 0.6) is 0 Å². The maximum absolute atomic E-state index is 5.62. The second kappa shape index (κ2) is 6.20. The van der Waals surface area contributed by atoms with Gasteiger partial charge in [-0.25, -0.2) is 15.8 Å². The van der Waals surface area contributed by atoms with E-state index in [4.69, 9.17) is 15.6 Å². The predicted molar refractivity (Wildman–Crippen MR) is 82.8 cm³/mol. The van der Waals surface area contributed by atoms with Crippen LogP contribution in [0.15, 0.2) is 30.3 Å². The van der Waals surface area contributed by atoms with E-state index >= 15 is 0 Å². The lowest BCUT2D eigenvalue weighted by Crippen LogP contribution is -2.20. The lowest BCUT2D eigenvalue weighted by Gasteiger charge is -2.22. The third-order valence-corrected chi connectivity index (χ3v) is 3.87. The van der Waals surface area contributed by atoms with Gasteiger partial charge in [-0.15, -0.1) is 0 Å². The van der Waals surface area contributed by atoms with Gasteiger partial charge >= 0.3 is 0 Å². The van der Waals surface area contributed by atoms with E-state index in [9.17, 15) is 0 Å². The SMILES string of the molecule is Cc1c(NN)nc(C2CCCOC2)nc1-c1ccccc1. The molecule has 0 saturated carbocycles. The van der Waals surface area contributed by atoms with Crippen molar-refractivity contribution in [2.24, 2.45) is 5.84 Å². The number of ether oxygens (including phenoxy) is 1. The molecule has 5 nitrogen and oxygen atoms in total. The van der Waals surface area contributed by atoms with Crippen LogP contribution in [0, 0.1) is 6.92 Å². The number of benzene rings is 1. The lowest BCUT2D eigenvalue weighted by atomic mass is 10.00. The fraction of sp³-hybridized carbons (Fsp3) is 0.375. The number of nitrogen functional groups attached to an aromatic ring is 1. The Hall–Kier alpha value is -1.98. The maximum atomic E-state index is 5.62. The number of aromatic nitrogens is 2. The molecule has 1 aromatic heterocycles. The lowest BCUT2D eigenvalue weighted by molar-refractivity contribution is 0.0781. The minimum absolute atomic E-state index is 0.244. The van der Waals surface area contributed by atoms with Gasteiger partial charge in [-0.2, -0.15) is 0 Å². The Balaban J connectivity index is 2.06. The molecule has 0 aliphatic carbocycles. The second-order valence-electron chi connectivity index (χ2n) is 5.33. The maximum Gasteiger partial charge on any atom is 0.147 e. The minimum atomic E-state index is 0.244. The number of hydrazine groups is 1. The van der Waals surface area contributed by atoms with E-state index in [1.807, 2.05) is 25.1 Å². The van der Waals surface area contributed by atoms with Gasteiger partial charge in [-0.1, -0.05) is 30.3 Å². The molecule has 1 atom stereocenters. The molecule has 0 amide bonds. The third kappa shape index (κ3) is 2.89. The highest BCUT2D eigenvalue weighted by Gasteiger charge is 2.21. The van der Waals surface area contributed by atoms with Crippen LogP contribution >= 0.6 is 0 Å². The number of hydrogen-bond donors (Lipinski definition) is 2. The van der Waals surface area contributed by atoms with Gasteiger partial charge in [0.1, 0.15) is 11.6 Å². The summed E-state index contributed by atoms with van der Waals surface area (Å²) in [7, 11) is 0. The smallest absolute Gasteiger partial charge is 0.147 e. The molecule has 1 saturated heterocycles. The van der Waals surface area contributed by atoms with E-state index in [2.05, 4.69) is 22.5 Å². The van der Waals surface area contributed by atoms with Crippen molar-refractivity contribution >= 4 is 5.82 Å². The molecule has 1 fully saturated rings. The number of hydrogen-bond acceptors (Lipinski definition) is 5. The van der Waals surface area contributed by atoms with Crippen LogP contribution in [0.25, 0.3) is 11.3 Å². The van der Waals surface area contributed by atoms with Crippen LogP contribution in [0.4, 0.5) is 5.82 Å². The van der Waals surface area contributed by atoms with Gasteiger partial charge in [0.05, 0.1) is 12.3 Å². The summed E-state index contributed by atoms with van der Waals surface area (Å²) in [6.45, 7) is 3.50. The van der Waals surface area contributed by atoms with E-state index in [1.54, 1.807) is 0 Å². The van der Waals surface area contributed by atoms with E-state index in [0.717, 1.165) is 42.1 Å². The first-order valence-electron chi connectivity index (χ1n) is 7.28. The fourth-order valence-corrected chi connectivity index (χ4v) is 2.68. The molecule has 2 aromatic rings. The van der Waals surface area contributed by atoms with Crippen LogP contribution in [-0.4, -0.2) is 23.2 Å². The first-order chi connectivity index (χ1) is 10.3. The van der Waals surface area contributed by atoms with E-state index in [1.165, 1.54) is 0 Å². The van der Waals surface area contributed by atoms with Crippen LogP contribution in [0.2, 0.25) is 0 Å². The fourth-order valence-electron chi connectivity index (χ4n) is 2.68. The van der Waals surface area contributed by atoms with Crippen molar-refractivity contribution < 1.29 is 4.74 Å². The molecule has 1 aliphatic heterocycles. The van der Waals surface area contributed by atoms with Gasteiger partial charge in [0.2, 0.25) is 0 Å². The first-order valence-corrected chi connectivity index (χ1v) is 7.28. The number of anilines is 1. The molecule has 21 heavy (non-hydrogen) atoms. The normalized spacial score (nSPS) is 18.5. The van der Waals surface area contributed by atoms with Crippen molar-refractivity contribution in [3.63, 3.8) is 0 Å². The average Bonchev–Trinajstić information content (AvgIpc) is 2.56. The zero-order chi connectivity index (χ0) is 14.7. The number of nitrogens with zero attached hydrogens (tertiary/aromatic N) is 2. The first kappa shape index (κ1) is 14.0. The summed E-state index contributed by atoms with van der Waals surface area (Å²) in [6, 6.07) is 10.1. The monoisotopic (exact) mass is 284 g/mol. The molecule has 1 aliphatic rings. The Bertz CT molecular complexity index is 609. The number of nitrogens with one attached hydrogen (secondary N) is 1. The quantitative estimate of drug-likeness (QED) is 0.669. The minimum Gasteiger partial charge on any atom is -0.381 e. The highest BCUT2D eigenvalue weighted by molar-refractivity contribution is 5.68. The summed E-state index contributed by atoms with van der Waals surface area (Å²) in [5.41, 5.74) is 5.66. The molecule has 1 unspecified atom stereocenters. The average molecular weight is 284 g/mol. The van der Waals surface area contributed by atoms with Gasteiger partial charge in [-0.05, 0) is 19.8 Å². The predicted octanol–water partition coefficient (Wildman–Crippen LogP) is 2.63. The standard InChI is InChI=1S/C16H20N4O/c1-11-14(12-6-3-2-4-7-12)18-16(19-15(11)20-17)13-8-5-9-21-10-13/h2-4,6-7,13H,5,8-10,17H2,1H3,(H,18,19,20). The number of nitrogens with two attached hydrogens (primary N) is 1. The summed E-state index contributed by atoms with van der Waals surface area (Å²) >= 11 is 0. The molecule has 2 heterocycles. The van der Waals surface area contributed by atoms with Gasteiger partial charge < -0.3 is 10.2 Å². The van der Waals surface area contributed by atoms with Crippen molar-refractivity contribution in [2.45, 2.75) is 25.7 Å². The van der Waals surface area contributed by atoms with Crippen LogP contribution in [0.1, 0.15) is 30.1 Å². The Morgan fingerprint density at radius 1 is 1.24 bits per heavy atom. The van der Waals surface area contributed by atoms with Crippen molar-refractivity contribution in [2.75, 3.05) is 18.6 Å². The summed E-state index contributed by atoms with van der Waals surface area (Å²) in [5.74, 6) is 7.37. The van der Waals surface area contributed by atoms with Crippen LogP contribution in [0.3, 0.4) is 0 Å². The third-order valence-electron chi connectivity index (χ3n) is 3.87. The Morgan fingerprint density at radius 2 is 2.05 bits per heavy atom. The Kier molecular flexibility index (Phi) is 4.13. The molecular formula is C16H20N4O. The molecule has 0 spiro atoms. The zero-order valence-electron chi connectivity index (χ0n) is 12.2. The second-order valence-corrected chi connectivity index (χ2v) is 5.33. The largest absolute Gasteiger partial charge is 0.381 e. The summed E-state index contributed by atoms with van der Waals surface area (Å²) < 4.78 is 5.55. The van der Waals surface area contributed by atoms with E-state index in [0.29, 0.717) is 12.4 Å². The van der Waals surface area contributed by atoms with Gasteiger partial charge in [-0.3, -0.25) is 0 Å². The van der Waals surface area contributed by atoms with Gasteiger partial charge in [0.15, 0.2) is 0 Å². The molecule has 5 heteroatoms. The van der Waals surface area contributed by atoms with Crippen LogP contribution in [-0.2, 0) is 4.74 Å². The van der Waals surface area contributed by atoms with Crippen molar-refractivity contribution in [1.29, 1.82) is 0 Å². The van der Waals surface area contributed by atoms with Crippen molar-refractivity contribution in [1.82, 2.24) is 9.97 Å². The summed E-state index contributed by atoms with van der Waals surface area (Å²) in [6.07, 6.45) is 2.11. The van der Waals surface area contributed by atoms with Crippen molar-refractivity contribution in [3.05, 3.63) is 41.7 Å². The molecule has 1 aromatic carbocycles. The highest BCUT2D eigenvalue weighted by atomic mass is 16.5. The number of rotatable bonds is 3. The Morgan fingerprint density at radius 3 is 2.71 bits per heavy atom. The molecule has 0 radical (unpaired) electrons. The van der Waals surface area contributed by atoms with Crippen LogP contribution < -0.4 is 11.3 Å². The van der Waals surface area contributed by atoms with Gasteiger partial charge in [0, 0.05) is 23.7 Å². The van der Waals surface area contributed by atoms with Gasteiger partial charge in [0.25, 0.3) is 0 Å². The molecule has 3 N–H and O–H groups in total. The molecule has 3 rings (SSSR count). The molecule has 0 bridgehead atoms. The summed E-state index contributed by atoms with van der Waals surface area (Å²) in [4.78, 5) is 9.36. The Labute approximate surface area is 124 Å². The summed E-state index contributed by atoms with van der Waals surface area (Å²) in [5, 5.41) is 0. The van der Waals surface area contributed by atoms with E-state index in [-0.39, 0.29) is 5.92 Å². The molecule has 110 valence electrons. The highest BCUT2D eigenvalue weighted by Crippen LogP contribution is 2.30.